The molecular weight excluding hydrogens is 359 g/mol. The van der Waals surface area contributed by atoms with Crippen molar-refractivity contribution in [2.45, 2.75) is 13.2 Å². The van der Waals surface area contributed by atoms with E-state index in [0.717, 1.165) is 65.3 Å². The van der Waals surface area contributed by atoms with Crippen LogP contribution in [0.3, 0.4) is 0 Å². The average molecular weight is 379 g/mol. The lowest BCUT2D eigenvalue weighted by Crippen LogP contribution is -2.46. The van der Waals surface area contributed by atoms with E-state index in [4.69, 9.17) is 32.7 Å². The second-order valence-electron chi connectivity index (χ2n) is 6.38. The first-order valence-electron chi connectivity index (χ1n) is 8.44. The molecule has 4 rings (SSSR count). The minimum atomic E-state index is 0.307. The van der Waals surface area contributed by atoms with Crippen molar-refractivity contribution in [3.05, 3.63) is 57.6 Å². The number of halogens is 2. The number of para-hydroxylation sites is 1. The predicted octanol–water partition coefficient (Wildman–Crippen LogP) is 4.18. The minimum Gasteiger partial charge on any atom is -0.467 e. The van der Waals surface area contributed by atoms with Gasteiger partial charge >= 0.3 is 0 Å². The lowest BCUT2D eigenvalue weighted by atomic mass is 10.1. The maximum absolute atomic E-state index is 6.32. The van der Waals surface area contributed by atoms with E-state index in [0.29, 0.717) is 13.4 Å². The Balaban J connectivity index is 1.44. The zero-order chi connectivity index (χ0) is 17.2. The summed E-state index contributed by atoms with van der Waals surface area (Å²) >= 11 is 12.6. The lowest BCUT2D eigenvalue weighted by Gasteiger charge is -2.37. The highest BCUT2D eigenvalue weighted by atomic mass is 35.5. The molecular formula is C19H20Cl2N2O2. The first-order valence-corrected chi connectivity index (χ1v) is 9.20. The molecule has 0 spiro atoms. The Labute approximate surface area is 157 Å². The van der Waals surface area contributed by atoms with Crippen molar-refractivity contribution < 1.29 is 9.47 Å². The molecule has 2 aromatic rings. The fourth-order valence-corrected chi connectivity index (χ4v) is 3.99. The van der Waals surface area contributed by atoms with Crippen LogP contribution >= 0.6 is 23.2 Å². The van der Waals surface area contributed by atoms with Crippen LogP contribution < -0.4 is 9.64 Å². The molecule has 0 aliphatic carbocycles. The third kappa shape index (κ3) is 3.72. The second kappa shape index (κ2) is 7.42. The summed E-state index contributed by atoms with van der Waals surface area (Å²) in [4.78, 5) is 4.77. The molecule has 0 amide bonds. The van der Waals surface area contributed by atoms with E-state index in [1.807, 2.05) is 30.3 Å². The summed E-state index contributed by atoms with van der Waals surface area (Å²) in [5.74, 6) is 0.934. The molecule has 25 heavy (non-hydrogen) atoms. The van der Waals surface area contributed by atoms with Gasteiger partial charge in [0.25, 0.3) is 0 Å². The fraction of sp³-hybridized carbons (Fsp3) is 0.368. The molecule has 132 valence electrons. The Morgan fingerprint density at radius 2 is 1.80 bits per heavy atom. The molecule has 2 aliphatic rings. The van der Waals surface area contributed by atoms with E-state index < -0.39 is 0 Å². The zero-order valence-electron chi connectivity index (χ0n) is 13.9. The van der Waals surface area contributed by atoms with Crippen LogP contribution in [0.5, 0.6) is 5.75 Å². The molecule has 2 aliphatic heterocycles. The van der Waals surface area contributed by atoms with Crippen molar-refractivity contribution in [1.82, 2.24) is 4.90 Å². The Kier molecular flexibility index (Phi) is 5.04. The number of nitrogens with zero attached hydrogens (tertiary/aromatic N) is 2. The summed E-state index contributed by atoms with van der Waals surface area (Å²) in [5.41, 5.74) is 3.28. The molecule has 0 unspecified atom stereocenters. The molecule has 1 fully saturated rings. The molecule has 0 radical (unpaired) electrons. The Morgan fingerprint density at radius 3 is 2.60 bits per heavy atom. The summed E-state index contributed by atoms with van der Waals surface area (Å²) in [7, 11) is 0. The third-order valence-corrected chi connectivity index (χ3v) is 5.25. The third-order valence-electron chi connectivity index (χ3n) is 4.71. The quantitative estimate of drug-likeness (QED) is 0.799. The lowest BCUT2D eigenvalue weighted by molar-refractivity contribution is -0.0174. The van der Waals surface area contributed by atoms with Gasteiger partial charge in [0.15, 0.2) is 6.79 Å². The van der Waals surface area contributed by atoms with Gasteiger partial charge in [-0.3, -0.25) is 4.90 Å². The number of anilines is 1. The highest BCUT2D eigenvalue weighted by Crippen LogP contribution is 2.33. The van der Waals surface area contributed by atoms with Gasteiger partial charge in [-0.1, -0.05) is 35.3 Å². The van der Waals surface area contributed by atoms with Crippen LogP contribution in [0.15, 0.2) is 36.4 Å². The zero-order valence-corrected chi connectivity index (χ0v) is 15.4. The molecule has 0 atom stereocenters. The second-order valence-corrected chi connectivity index (χ2v) is 7.22. The van der Waals surface area contributed by atoms with Gasteiger partial charge in [-0.05, 0) is 24.3 Å². The van der Waals surface area contributed by atoms with Crippen molar-refractivity contribution >= 4 is 28.9 Å². The monoisotopic (exact) mass is 378 g/mol. The van der Waals surface area contributed by atoms with Crippen LogP contribution in [0.1, 0.15) is 11.1 Å². The molecule has 0 aromatic heterocycles. The molecule has 4 nitrogen and oxygen atoms in total. The molecule has 2 aromatic carbocycles. The topological polar surface area (TPSA) is 24.9 Å². The first-order chi connectivity index (χ1) is 12.2. The SMILES string of the molecule is Clc1cc2c(c(CN3CCN(c4ccccc4Cl)CC3)c1)OCOC2. The largest absolute Gasteiger partial charge is 0.467 e. The van der Waals surface area contributed by atoms with E-state index in [-0.39, 0.29) is 0 Å². The van der Waals surface area contributed by atoms with Crippen LogP contribution in [0.2, 0.25) is 10.0 Å². The van der Waals surface area contributed by atoms with Gasteiger partial charge in [-0.2, -0.15) is 0 Å². The van der Waals surface area contributed by atoms with Crippen molar-refractivity contribution in [1.29, 1.82) is 0 Å². The number of ether oxygens (including phenoxy) is 2. The van der Waals surface area contributed by atoms with Gasteiger partial charge in [0.2, 0.25) is 0 Å². The Morgan fingerprint density at radius 1 is 1.00 bits per heavy atom. The maximum atomic E-state index is 6.32. The van der Waals surface area contributed by atoms with Gasteiger partial charge in [-0.15, -0.1) is 0 Å². The highest BCUT2D eigenvalue weighted by molar-refractivity contribution is 6.33. The summed E-state index contributed by atoms with van der Waals surface area (Å²) in [6.45, 7) is 5.56. The van der Waals surface area contributed by atoms with E-state index >= 15 is 0 Å². The van der Waals surface area contributed by atoms with Gasteiger partial charge in [-0.25, -0.2) is 0 Å². The van der Waals surface area contributed by atoms with Crippen molar-refractivity contribution in [3.8, 4) is 5.75 Å². The van der Waals surface area contributed by atoms with Gasteiger partial charge in [0, 0.05) is 48.9 Å². The van der Waals surface area contributed by atoms with E-state index in [1.54, 1.807) is 0 Å². The van der Waals surface area contributed by atoms with Crippen LogP contribution in [0.25, 0.3) is 0 Å². The molecule has 6 heteroatoms. The van der Waals surface area contributed by atoms with Gasteiger partial charge < -0.3 is 14.4 Å². The van der Waals surface area contributed by atoms with Gasteiger partial charge in [0.05, 0.1) is 17.3 Å². The first kappa shape index (κ1) is 17.0. The van der Waals surface area contributed by atoms with Crippen molar-refractivity contribution in [2.24, 2.45) is 0 Å². The molecule has 0 saturated carbocycles. The van der Waals surface area contributed by atoms with E-state index in [1.165, 1.54) is 0 Å². The summed E-state index contributed by atoms with van der Waals surface area (Å²) < 4.78 is 11.1. The molecule has 1 saturated heterocycles. The average Bonchev–Trinajstić information content (AvgIpc) is 2.63. The van der Waals surface area contributed by atoms with Gasteiger partial charge in [0.1, 0.15) is 5.75 Å². The maximum Gasteiger partial charge on any atom is 0.189 e. The van der Waals surface area contributed by atoms with Crippen LogP contribution in [-0.2, 0) is 17.9 Å². The summed E-state index contributed by atoms with van der Waals surface area (Å²) in [5, 5.41) is 1.55. The van der Waals surface area contributed by atoms with Crippen molar-refractivity contribution in [3.63, 3.8) is 0 Å². The molecule has 0 N–H and O–H groups in total. The minimum absolute atomic E-state index is 0.307. The van der Waals surface area contributed by atoms with Crippen LogP contribution in [0.4, 0.5) is 5.69 Å². The number of benzene rings is 2. The fourth-order valence-electron chi connectivity index (χ4n) is 3.47. The highest BCUT2D eigenvalue weighted by Gasteiger charge is 2.22. The van der Waals surface area contributed by atoms with E-state index in [9.17, 15) is 0 Å². The number of fused-ring (bicyclic) bond motifs is 1. The summed E-state index contributed by atoms with van der Waals surface area (Å²) in [6, 6.07) is 12.0. The number of rotatable bonds is 3. The molecule has 0 bridgehead atoms. The van der Waals surface area contributed by atoms with E-state index in [2.05, 4.69) is 15.9 Å². The molecule has 2 heterocycles. The summed E-state index contributed by atoms with van der Waals surface area (Å²) in [6.07, 6.45) is 0. The Bertz CT molecular complexity index is 761. The number of hydrogen-bond donors (Lipinski definition) is 0. The predicted molar refractivity (Wildman–Crippen MR) is 101 cm³/mol. The normalized spacial score (nSPS) is 17.9. The van der Waals surface area contributed by atoms with Crippen LogP contribution in [0, 0.1) is 0 Å². The van der Waals surface area contributed by atoms with Crippen molar-refractivity contribution in [2.75, 3.05) is 37.9 Å². The Hall–Kier alpha value is -1.46. The number of piperazine rings is 1. The van der Waals surface area contributed by atoms with Crippen LogP contribution in [-0.4, -0.2) is 37.9 Å². The standard InChI is InChI=1S/C19H20Cl2N2O2/c20-16-9-14(19-15(10-16)12-24-13-25-19)11-22-5-7-23(8-6-22)18-4-2-1-3-17(18)21/h1-4,9-10H,5-8,11-13H2. The number of hydrogen-bond acceptors (Lipinski definition) is 4. The smallest absolute Gasteiger partial charge is 0.189 e.